The van der Waals surface area contributed by atoms with Crippen LogP contribution in [0.15, 0.2) is 66.9 Å². The SMILES string of the molecule is O=C(Nc1ccc(Oc2ccc(F)cc2)nc1)c1[nH]c2ccccc2c1Cl. The van der Waals surface area contributed by atoms with Gasteiger partial charge in [0.25, 0.3) is 5.91 Å². The van der Waals surface area contributed by atoms with Crippen molar-refractivity contribution in [2.75, 3.05) is 5.32 Å². The number of benzene rings is 2. The standard InChI is InChI=1S/C20H13ClFN3O2/c21-18-15-3-1-2-4-16(15)25-19(18)20(26)24-13-7-10-17(23-11-13)27-14-8-5-12(22)6-9-14/h1-11,25H,(H,24,26). The number of carbonyl (C=O) groups is 1. The van der Waals surface area contributed by atoms with E-state index in [0.717, 1.165) is 10.9 Å². The van der Waals surface area contributed by atoms with Gasteiger partial charge in [0.2, 0.25) is 5.88 Å². The highest BCUT2D eigenvalue weighted by Crippen LogP contribution is 2.28. The molecule has 7 heteroatoms. The highest BCUT2D eigenvalue weighted by atomic mass is 35.5. The van der Waals surface area contributed by atoms with E-state index in [9.17, 15) is 9.18 Å². The smallest absolute Gasteiger partial charge is 0.273 e. The fraction of sp³-hybridized carbons (Fsp3) is 0. The lowest BCUT2D eigenvalue weighted by Gasteiger charge is -2.07. The van der Waals surface area contributed by atoms with Crippen LogP contribution in [-0.2, 0) is 0 Å². The molecular formula is C20H13ClFN3O2. The van der Waals surface area contributed by atoms with Gasteiger partial charge < -0.3 is 15.0 Å². The van der Waals surface area contributed by atoms with Crippen molar-refractivity contribution in [2.45, 2.75) is 0 Å². The number of rotatable bonds is 4. The second kappa shape index (κ2) is 7.09. The van der Waals surface area contributed by atoms with Crippen LogP contribution in [0.2, 0.25) is 5.02 Å². The van der Waals surface area contributed by atoms with Crippen molar-refractivity contribution in [1.29, 1.82) is 0 Å². The number of hydrogen-bond donors (Lipinski definition) is 2. The zero-order chi connectivity index (χ0) is 18.8. The first-order valence-electron chi connectivity index (χ1n) is 8.07. The van der Waals surface area contributed by atoms with Crippen LogP contribution in [0.3, 0.4) is 0 Å². The molecule has 0 aliphatic heterocycles. The summed E-state index contributed by atoms with van der Waals surface area (Å²) in [6.07, 6.45) is 1.47. The average molecular weight is 382 g/mol. The zero-order valence-corrected chi connectivity index (χ0v) is 14.6. The van der Waals surface area contributed by atoms with Crippen LogP contribution in [0.1, 0.15) is 10.5 Å². The maximum atomic E-state index is 12.9. The third-order valence-electron chi connectivity index (χ3n) is 3.90. The van der Waals surface area contributed by atoms with Crippen LogP contribution in [0.25, 0.3) is 10.9 Å². The number of hydrogen-bond acceptors (Lipinski definition) is 3. The van der Waals surface area contributed by atoms with Gasteiger partial charge in [-0.05, 0) is 36.4 Å². The molecule has 0 bridgehead atoms. The summed E-state index contributed by atoms with van der Waals surface area (Å²) in [5, 5.41) is 3.89. The van der Waals surface area contributed by atoms with Crippen molar-refractivity contribution >= 4 is 34.1 Å². The molecular weight excluding hydrogens is 369 g/mol. The van der Waals surface area contributed by atoms with Crippen LogP contribution >= 0.6 is 11.6 Å². The molecule has 5 nitrogen and oxygen atoms in total. The lowest BCUT2D eigenvalue weighted by molar-refractivity contribution is 0.102. The van der Waals surface area contributed by atoms with E-state index in [1.807, 2.05) is 24.3 Å². The molecule has 2 heterocycles. The lowest BCUT2D eigenvalue weighted by Crippen LogP contribution is -2.13. The number of amides is 1. The molecule has 0 aliphatic carbocycles. The Morgan fingerprint density at radius 3 is 2.56 bits per heavy atom. The number of carbonyl (C=O) groups excluding carboxylic acids is 1. The summed E-state index contributed by atoms with van der Waals surface area (Å²) >= 11 is 6.29. The predicted molar refractivity (Wildman–Crippen MR) is 102 cm³/mol. The summed E-state index contributed by atoms with van der Waals surface area (Å²) in [5.41, 5.74) is 1.56. The quantitative estimate of drug-likeness (QED) is 0.497. The first-order valence-corrected chi connectivity index (χ1v) is 8.45. The molecule has 27 heavy (non-hydrogen) atoms. The molecule has 0 atom stereocenters. The third kappa shape index (κ3) is 3.61. The van der Waals surface area contributed by atoms with Gasteiger partial charge in [-0.2, -0.15) is 0 Å². The van der Waals surface area contributed by atoms with E-state index < -0.39 is 0 Å². The minimum absolute atomic E-state index is 0.282. The number of pyridine rings is 1. The Hall–Kier alpha value is -3.38. The Morgan fingerprint density at radius 1 is 1.07 bits per heavy atom. The Labute approximate surface area is 158 Å². The van der Waals surface area contributed by atoms with Crippen LogP contribution < -0.4 is 10.1 Å². The Balaban J connectivity index is 1.48. The predicted octanol–water partition coefficient (Wildman–Crippen LogP) is 5.40. The largest absolute Gasteiger partial charge is 0.439 e. The third-order valence-corrected chi connectivity index (χ3v) is 4.29. The van der Waals surface area contributed by atoms with Crippen molar-refractivity contribution in [1.82, 2.24) is 9.97 Å². The second-order valence-electron chi connectivity index (χ2n) is 5.75. The molecule has 2 aromatic heterocycles. The first kappa shape index (κ1) is 17.1. The van der Waals surface area contributed by atoms with E-state index in [1.165, 1.54) is 30.5 Å². The van der Waals surface area contributed by atoms with Gasteiger partial charge in [0.05, 0.1) is 16.9 Å². The molecule has 2 aromatic carbocycles. The van der Waals surface area contributed by atoms with Crippen molar-refractivity contribution in [3.63, 3.8) is 0 Å². The van der Waals surface area contributed by atoms with E-state index in [0.29, 0.717) is 22.3 Å². The maximum Gasteiger partial charge on any atom is 0.273 e. The number of H-pyrrole nitrogens is 1. The number of anilines is 1. The molecule has 0 saturated heterocycles. The highest BCUT2D eigenvalue weighted by Gasteiger charge is 2.16. The fourth-order valence-corrected chi connectivity index (χ4v) is 2.89. The summed E-state index contributed by atoms with van der Waals surface area (Å²) in [6, 6.07) is 16.3. The molecule has 2 N–H and O–H groups in total. The summed E-state index contributed by atoms with van der Waals surface area (Å²) in [5.74, 6) is 0.0722. The maximum absolute atomic E-state index is 12.9. The monoisotopic (exact) mass is 381 g/mol. The number of ether oxygens (including phenoxy) is 1. The molecule has 0 radical (unpaired) electrons. The van der Waals surface area contributed by atoms with E-state index in [2.05, 4.69) is 15.3 Å². The van der Waals surface area contributed by atoms with Crippen LogP contribution in [-0.4, -0.2) is 15.9 Å². The topological polar surface area (TPSA) is 67.0 Å². The zero-order valence-electron chi connectivity index (χ0n) is 13.9. The Bertz CT molecular complexity index is 1110. The summed E-state index contributed by atoms with van der Waals surface area (Å²) in [4.78, 5) is 19.6. The van der Waals surface area contributed by atoms with Crippen LogP contribution in [0, 0.1) is 5.82 Å². The normalized spacial score (nSPS) is 10.7. The highest BCUT2D eigenvalue weighted by molar-refractivity contribution is 6.39. The number of nitrogens with one attached hydrogen (secondary N) is 2. The molecule has 0 fully saturated rings. The number of aromatic amines is 1. The summed E-state index contributed by atoms with van der Waals surface area (Å²) in [7, 11) is 0. The summed E-state index contributed by atoms with van der Waals surface area (Å²) < 4.78 is 18.4. The molecule has 0 saturated carbocycles. The number of aromatic nitrogens is 2. The van der Waals surface area contributed by atoms with Gasteiger partial charge in [-0.3, -0.25) is 4.79 Å². The van der Waals surface area contributed by atoms with Crippen molar-refractivity contribution < 1.29 is 13.9 Å². The van der Waals surface area contributed by atoms with Crippen LogP contribution in [0.4, 0.5) is 10.1 Å². The van der Waals surface area contributed by atoms with E-state index in [1.54, 1.807) is 12.1 Å². The van der Waals surface area contributed by atoms with Gasteiger partial charge in [0.15, 0.2) is 0 Å². The lowest BCUT2D eigenvalue weighted by atomic mass is 10.2. The van der Waals surface area contributed by atoms with Crippen molar-refractivity contribution in [3.05, 3.63) is 83.4 Å². The van der Waals surface area contributed by atoms with E-state index in [-0.39, 0.29) is 17.4 Å². The minimum atomic E-state index is -0.370. The van der Waals surface area contributed by atoms with Gasteiger partial charge >= 0.3 is 0 Å². The van der Waals surface area contributed by atoms with E-state index in [4.69, 9.17) is 16.3 Å². The van der Waals surface area contributed by atoms with Gasteiger partial charge in [-0.1, -0.05) is 29.8 Å². The molecule has 4 rings (SSSR count). The van der Waals surface area contributed by atoms with Gasteiger partial charge in [-0.25, -0.2) is 9.37 Å². The number of nitrogens with zero attached hydrogens (tertiary/aromatic N) is 1. The average Bonchev–Trinajstić information content (AvgIpc) is 3.02. The minimum Gasteiger partial charge on any atom is -0.439 e. The van der Waals surface area contributed by atoms with Crippen molar-refractivity contribution in [2.24, 2.45) is 0 Å². The molecule has 4 aromatic rings. The Kier molecular flexibility index (Phi) is 4.48. The van der Waals surface area contributed by atoms with E-state index >= 15 is 0 Å². The van der Waals surface area contributed by atoms with Gasteiger partial charge in [0.1, 0.15) is 17.3 Å². The molecule has 0 unspecified atom stereocenters. The fourth-order valence-electron chi connectivity index (χ4n) is 2.60. The van der Waals surface area contributed by atoms with Gasteiger partial charge in [-0.15, -0.1) is 0 Å². The molecule has 0 aliphatic rings. The number of halogens is 2. The number of fused-ring (bicyclic) bond motifs is 1. The molecule has 1 amide bonds. The molecule has 134 valence electrons. The first-order chi connectivity index (χ1) is 13.1. The van der Waals surface area contributed by atoms with Gasteiger partial charge in [0, 0.05) is 17.0 Å². The van der Waals surface area contributed by atoms with Crippen LogP contribution in [0.5, 0.6) is 11.6 Å². The summed E-state index contributed by atoms with van der Waals surface area (Å²) in [6.45, 7) is 0. The Morgan fingerprint density at radius 2 is 1.85 bits per heavy atom. The molecule has 0 spiro atoms. The second-order valence-corrected chi connectivity index (χ2v) is 6.13. The number of para-hydroxylation sites is 1. The van der Waals surface area contributed by atoms with Crippen molar-refractivity contribution in [3.8, 4) is 11.6 Å².